The highest BCUT2D eigenvalue weighted by Crippen LogP contribution is 2.29. The van der Waals surface area contributed by atoms with E-state index in [1.807, 2.05) is 13.1 Å². The Hall–Kier alpha value is -1.06. The fraction of sp³-hybridized carbons (Fsp3) is 0.286. The minimum absolute atomic E-state index is 0.496. The molecule has 17 heavy (non-hydrogen) atoms. The van der Waals surface area contributed by atoms with Gasteiger partial charge in [0.2, 0.25) is 0 Å². The topological polar surface area (TPSA) is 25.2 Å². The number of furan rings is 1. The first-order valence-corrected chi connectivity index (χ1v) is 6.49. The lowest BCUT2D eigenvalue weighted by atomic mass is 10.0. The summed E-state index contributed by atoms with van der Waals surface area (Å²) in [5, 5.41) is 3.24. The summed E-state index contributed by atoms with van der Waals surface area (Å²) in [6, 6.07) is 10.9. The first kappa shape index (κ1) is 12.4. The predicted octanol–water partition coefficient (Wildman–Crippen LogP) is 3.86. The third-order valence-corrected chi connectivity index (χ3v) is 3.49. The molecule has 2 aromatic rings. The van der Waals surface area contributed by atoms with E-state index in [1.54, 1.807) is 6.26 Å². The second kappa shape index (κ2) is 5.52. The number of rotatable bonds is 4. The van der Waals surface area contributed by atoms with E-state index in [4.69, 9.17) is 4.42 Å². The lowest BCUT2D eigenvalue weighted by molar-refractivity contribution is 0.581. The molecule has 0 aliphatic heterocycles. The van der Waals surface area contributed by atoms with Gasteiger partial charge in [-0.15, -0.1) is 0 Å². The summed E-state index contributed by atoms with van der Waals surface area (Å²) < 4.78 is 6.43. The van der Waals surface area contributed by atoms with Crippen molar-refractivity contribution in [2.24, 2.45) is 0 Å². The predicted molar refractivity (Wildman–Crippen MR) is 74.1 cm³/mol. The van der Waals surface area contributed by atoms with E-state index < -0.39 is 0 Å². The lowest BCUT2D eigenvalue weighted by Crippen LogP contribution is -2.23. The number of likely N-dealkylation sites (N-methyl/N-ethyl adjacent to an activating group) is 1. The molecule has 1 heterocycles. The lowest BCUT2D eigenvalue weighted by Gasteiger charge is -2.10. The first-order valence-electron chi connectivity index (χ1n) is 5.70. The van der Waals surface area contributed by atoms with Crippen molar-refractivity contribution in [2.75, 3.05) is 7.05 Å². The van der Waals surface area contributed by atoms with Gasteiger partial charge in [-0.25, -0.2) is 0 Å². The van der Waals surface area contributed by atoms with Crippen molar-refractivity contribution in [1.29, 1.82) is 0 Å². The molecule has 1 N–H and O–H groups in total. The summed E-state index contributed by atoms with van der Waals surface area (Å²) in [6.07, 6.45) is 2.73. The Morgan fingerprint density at radius 3 is 2.47 bits per heavy atom. The molecule has 2 nitrogen and oxygen atoms in total. The molecule has 1 aromatic heterocycles. The average Bonchev–Trinajstić information content (AvgIpc) is 2.76. The zero-order valence-electron chi connectivity index (χ0n) is 10.0. The van der Waals surface area contributed by atoms with Crippen LogP contribution in [0.4, 0.5) is 0 Å². The summed E-state index contributed by atoms with van der Waals surface area (Å²) >= 11 is 3.47. The van der Waals surface area contributed by atoms with Crippen molar-refractivity contribution in [1.82, 2.24) is 5.32 Å². The monoisotopic (exact) mass is 293 g/mol. The van der Waals surface area contributed by atoms with E-state index in [-0.39, 0.29) is 0 Å². The summed E-state index contributed by atoms with van der Waals surface area (Å²) in [4.78, 5) is 0. The number of hydrogen-bond donors (Lipinski definition) is 1. The van der Waals surface area contributed by atoms with Gasteiger partial charge in [0.05, 0.1) is 10.7 Å². The van der Waals surface area contributed by atoms with Crippen LogP contribution in [0.25, 0.3) is 11.3 Å². The summed E-state index contributed by atoms with van der Waals surface area (Å²) in [5.74, 6) is 0.887. The Bertz CT molecular complexity index is 475. The standard InChI is InChI=1S/C14H16BrNO/c1-10(16-2)9-11-3-5-12(6-4-11)14-13(15)7-8-17-14/h3-8,10,16H,9H2,1-2H3. The van der Waals surface area contributed by atoms with Gasteiger partial charge in [0.15, 0.2) is 0 Å². The van der Waals surface area contributed by atoms with Gasteiger partial charge in [0.1, 0.15) is 5.76 Å². The maximum atomic E-state index is 5.43. The van der Waals surface area contributed by atoms with Crippen LogP contribution in [0.15, 0.2) is 45.5 Å². The maximum Gasteiger partial charge on any atom is 0.148 e. The number of benzene rings is 1. The second-order valence-electron chi connectivity index (χ2n) is 4.19. The van der Waals surface area contributed by atoms with Crippen LogP contribution in [0.3, 0.4) is 0 Å². The Balaban J connectivity index is 2.16. The van der Waals surface area contributed by atoms with Gasteiger partial charge in [-0.1, -0.05) is 24.3 Å². The van der Waals surface area contributed by atoms with E-state index in [0.29, 0.717) is 6.04 Å². The molecular formula is C14H16BrNO. The van der Waals surface area contributed by atoms with E-state index in [1.165, 1.54) is 5.56 Å². The van der Waals surface area contributed by atoms with Gasteiger partial charge in [-0.3, -0.25) is 0 Å². The van der Waals surface area contributed by atoms with E-state index in [2.05, 4.69) is 52.4 Å². The highest BCUT2D eigenvalue weighted by Gasteiger charge is 2.07. The SMILES string of the molecule is CNC(C)Cc1ccc(-c2occc2Br)cc1. The molecule has 0 spiro atoms. The molecular weight excluding hydrogens is 278 g/mol. The minimum Gasteiger partial charge on any atom is -0.463 e. The molecule has 0 aliphatic carbocycles. The maximum absolute atomic E-state index is 5.43. The largest absolute Gasteiger partial charge is 0.463 e. The molecule has 0 fully saturated rings. The molecule has 90 valence electrons. The third-order valence-electron chi connectivity index (χ3n) is 2.87. The molecule has 0 saturated carbocycles. The number of hydrogen-bond acceptors (Lipinski definition) is 2. The van der Waals surface area contributed by atoms with Gasteiger partial charge in [0, 0.05) is 11.6 Å². The zero-order valence-corrected chi connectivity index (χ0v) is 11.6. The van der Waals surface area contributed by atoms with Crippen molar-refractivity contribution < 1.29 is 4.42 Å². The summed E-state index contributed by atoms with van der Waals surface area (Å²) in [7, 11) is 1.99. The van der Waals surface area contributed by atoms with Crippen molar-refractivity contribution in [3.8, 4) is 11.3 Å². The van der Waals surface area contributed by atoms with Crippen molar-refractivity contribution in [2.45, 2.75) is 19.4 Å². The quantitative estimate of drug-likeness (QED) is 0.926. The summed E-state index contributed by atoms with van der Waals surface area (Å²) in [6.45, 7) is 2.18. The fourth-order valence-corrected chi connectivity index (χ4v) is 2.18. The van der Waals surface area contributed by atoms with Crippen LogP contribution in [0.5, 0.6) is 0 Å². The molecule has 1 aromatic carbocycles. The Labute approximate surface area is 110 Å². The second-order valence-corrected chi connectivity index (χ2v) is 5.04. The van der Waals surface area contributed by atoms with Crippen LogP contribution >= 0.6 is 15.9 Å². The van der Waals surface area contributed by atoms with Gasteiger partial charge in [-0.2, -0.15) is 0 Å². The van der Waals surface area contributed by atoms with E-state index in [0.717, 1.165) is 22.2 Å². The van der Waals surface area contributed by atoms with Gasteiger partial charge in [0.25, 0.3) is 0 Å². The van der Waals surface area contributed by atoms with Crippen LogP contribution in [-0.2, 0) is 6.42 Å². The van der Waals surface area contributed by atoms with Crippen LogP contribution in [-0.4, -0.2) is 13.1 Å². The van der Waals surface area contributed by atoms with Crippen molar-refractivity contribution >= 4 is 15.9 Å². The fourth-order valence-electron chi connectivity index (χ4n) is 1.75. The van der Waals surface area contributed by atoms with Crippen LogP contribution in [0.1, 0.15) is 12.5 Å². The van der Waals surface area contributed by atoms with E-state index in [9.17, 15) is 0 Å². The van der Waals surface area contributed by atoms with Crippen LogP contribution < -0.4 is 5.32 Å². The minimum atomic E-state index is 0.496. The van der Waals surface area contributed by atoms with Crippen LogP contribution in [0, 0.1) is 0 Å². The molecule has 1 atom stereocenters. The Kier molecular flexibility index (Phi) is 4.02. The normalized spacial score (nSPS) is 12.6. The molecule has 1 unspecified atom stereocenters. The molecule has 0 saturated heterocycles. The number of nitrogens with one attached hydrogen (secondary N) is 1. The van der Waals surface area contributed by atoms with Crippen molar-refractivity contribution in [3.63, 3.8) is 0 Å². The van der Waals surface area contributed by atoms with Gasteiger partial charge < -0.3 is 9.73 Å². The molecule has 0 aliphatic rings. The van der Waals surface area contributed by atoms with Gasteiger partial charge >= 0.3 is 0 Å². The molecule has 2 rings (SSSR count). The molecule has 0 radical (unpaired) electrons. The smallest absolute Gasteiger partial charge is 0.148 e. The van der Waals surface area contributed by atoms with Crippen molar-refractivity contribution in [3.05, 3.63) is 46.6 Å². The average molecular weight is 294 g/mol. The van der Waals surface area contributed by atoms with E-state index >= 15 is 0 Å². The van der Waals surface area contributed by atoms with Gasteiger partial charge in [-0.05, 0) is 48.0 Å². The Morgan fingerprint density at radius 1 is 1.24 bits per heavy atom. The molecule has 3 heteroatoms. The van der Waals surface area contributed by atoms with Crippen LogP contribution in [0.2, 0.25) is 0 Å². The molecule has 0 amide bonds. The first-order chi connectivity index (χ1) is 8.20. The third kappa shape index (κ3) is 2.99. The Morgan fingerprint density at radius 2 is 1.94 bits per heavy atom. The number of halogens is 1. The zero-order chi connectivity index (χ0) is 12.3. The highest BCUT2D eigenvalue weighted by molar-refractivity contribution is 9.10. The summed E-state index contributed by atoms with van der Waals surface area (Å²) in [5.41, 5.74) is 2.43. The highest BCUT2D eigenvalue weighted by atomic mass is 79.9. The molecule has 0 bridgehead atoms.